The van der Waals surface area contributed by atoms with Crippen LogP contribution in [0.1, 0.15) is 17.4 Å². The van der Waals surface area contributed by atoms with Gasteiger partial charge in [0.1, 0.15) is 11.9 Å². The van der Waals surface area contributed by atoms with Gasteiger partial charge in [0.05, 0.1) is 18.3 Å². The molecular weight excluding hydrogens is 276 g/mol. The number of nitrogens with zero attached hydrogens (tertiary/aromatic N) is 1. The molecule has 2 N–H and O–H groups in total. The molecule has 7 nitrogen and oxygen atoms in total. The van der Waals surface area contributed by atoms with E-state index in [0.717, 1.165) is 5.56 Å². The fourth-order valence-corrected chi connectivity index (χ4v) is 1.92. The SMILES string of the molecule is COc1ccc(CNCC(O)c2ccco2)cc1[N+](=O)[O-]. The summed E-state index contributed by atoms with van der Waals surface area (Å²) in [6, 6.07) is 8.12. The van der Waals surface area contributed by atoms with Crippen molar-refractivity contribution < 1.29 is 19.2 Å². The van der Waals surface area contributed by atoms with E-state index in [2.05, 4.69) is 5.32 Å². The Bertz CT molecular complexity index is 597. The van der Waals surface area contributed by atoms with Crippen molar-refractivity contribution >= 4 is 5.69 Å². The zero-order valence-corrected chi connectivity index (χ0v) is 11.5. The smallest absolute Gasteiger partial charge is 0.311 e. The molecule has 2 aromatic rings. The van der Waals surface area contributed by atoms with Crippen LogP contribution in [-0.2, 0) is 6.54 Å². The molecule has 0 bridgehead atoms. The van der Waals surface area contributed by atoms with Crippen LogP contribution in [0.2, 0.25) is 0 Å². The van der Waals surface area contributed by atoms with Crippen LogP contribution < -0.4 is 10.1 Å². The van der Waals surface area contributed by atoms with E-state index in [1.165, 1.54) is 19.4 Å². The van der Waals surface area contributed by atoms with Crippen LogP contribution in [0.5, 0.6) is 5.75 Å². The van der Waals surface area contributed by atoms with Crippen LogP contribution in [0.3, 0.4) is 0 Å². The molecule has 1 unspecified atom stereocenters. The summed E-state index contributed by atoms with van der Waals surface area (Å²) in [7, 11) is 1.39. The van der Waals surface area contributed by atoms with Crippen LogP contribution in [0.4, 0.5) is 5.69 Å². The molecule has 1 atom stereocenters. The topological polar surface area (TPSA) is 97.8 Å². The van der Waals surface area contributed by atoms with E-state index >= 15 is 0 Å². The molecule has 1 aromatic heterocycles. The molecular formula is C14H16N2O5. The Morgan fingerprint density at radius 1 is 1.48 bits per heavy atom. The van der Waals surface area contributed by atoms with Gasteiger partial charge in [0, 0.05) is 19.2 Å². The third kappa shape index (κ3) is 3.80. The van der Waals surface area contributed by atoms with E-state index in [1.54, 1.807) is 24.3 Å². The number of benzene rings is 1. The molecule has 0 saturated carbocycles. The molecule has 0 aliphatic heterocycles. The van der Waals surface area contributed by atoms with Crippen LogP contribution in [-0.4, -0.2) is 23.7 Å². The number of nitro groups is 1. The maximum absolute atomic E-state index is 10.9. The van der Waals surface area contributed by atoms with Gasteiger partial charge in [-0.2, -0.15) is 0 Å². The number of rotatable bonds is 7. The average Bonchev–Trinajstić information content (AvgIpc) is 3.01. The first-order chi connectivity index (χ1) is 10.1. The first kappa shape index (κ1) is 15.0. The first-order valence-electron chi connectivity index (χ1n) is 6.35. The van der Waals surface area contributed by atoms with Gasteiger partial charge in [-0.15, -0.1) is 0 Å². The van der Waals surface area contributed by atoms with Crippen molar-refractivity contribution in [2.45, 2.75) is 12.6 Å². The maximum atomic E-state index is 10.9. The summed E-state index contributed by atoms with van der Waals surface area (Å²) in [5.74, 6) is 0.697. The van der Waals surface area contributed by atoms with Crippen LogP contribution >= 0.6 is 0 Å². The Balaban J connectivity index is 1.94. The van der Waals surface area contributed by atoms with Crippen molar-refractivity contribution in [3.63, 3.8) is 0 Å². The van der Waals surface area contributed by atoms with E-state index in [-0.39, 0.29) is 18.0 Å². The van der Waals surface area contributed by atoms with Gasteiger partial charge < -0.3 is 19.6 Å². The van der Waals surface area contributed by atoms with Gasteiger partial charge in [-0.25, -0.2) is 0 Å². The summed E-state index contributed by atoms with van der Waals surface area (Å²) in [5.41, 5.74) is 0.650. The number of aliphatic hydroxyl groups excluding tert-OH is 1. The number of hydrogen-bond donors (Lipinski definition) is 2. The van der Waals surface area contributed by atoms with Crippen molar-refractivity contribution in [3.8, 4) is 5.75 Å². The van der Waals surface area contributed by atoms with Crippen LogP contribution in [0.15, 0.2) is 41.0 Å². The van der Waals surface area contributed by atoms with Crippen molar-refractivity contribution in [1.29, 1.82) is 0 Å². The largest absolute Gasteiger partial charge is 0.490 e. The minimum atomic E-state index is -0.756. The second-order valence-electron chi connectivity index (χ2n) is 4.43. The van der Waals surface area contributed by atoms with Crippen LogP contribution in [0.25, 0.3) is 0 Å². The van der Waals surface area contributed by atoms with E-state index in [9.17, 15) is 15.2 Å². The Morgan fingerprint density at radius 2 is 2.29 bits per heavy atom. The molecule has 1 aromatic carbocycles. The number of methoxy groups -OCH3 is 1. The maximum Gasteiger partial charge on any atom is 0.311 e. The average molecular weight is 292 g/mol. The van der Waals surface area contributed by atoms with Crippen molar-refractivity contribution in [2.75, 3.05) is 13.7 Å². The summed E-state index contributed by atoms with van der Waals surface area (Å²) < 4.78 is 10.0. The van der Waals surface area contributed by atoms with E-state index in [1.807, 2.05) is 0 Å². The Kier molecular flexibility index (Phi) is 4.91. The summed E-state index contributed by atoms with van der Waals surface area (Å²) in [6.45, 7) is 0.677. The molecule has 0 aliphatic carbocycles. The van der Waals surface area contributed by atoms with Crippen molar-refractivity contribution in [3.05, 3.63) is 58.0 Å². The van der Waals surface area contributed by atoms with E-state index in [4.69, 9.17) is 9.15 Å². The molecule has 0 saturated heterocycles. The molecule has 2 rings (SSSR count). The van der Waals surface area contributed by atoms with E-state index < -0.39 is 11.0 Å². The summed E-state index contributed by atoms with van der Waals surface area (Å²) in [4.78, 5) is 10.4. The van der Waals surface area contributed by atoms with Gasteiger partial charge in [0.2, 0.25) is 0 Å². The molecule has 112 valence electrons. The van der Waals surface area contributed by atoms with Gasteiger partial charge in [-0.3, -0.25) is 10.1 Å². The van der Waals surface area contributed by atoms with Gasteiger partial charge in [0.25, 0.3) is 0 Å². The lowest BCUT2D eigenvalue weighted by molar-refractivity contribution is -0.385. The van der Waals surface area contributed by atoms with Gasteiger partial charge in [-0.05, 0) is 23.8 Å². The number of ether oxygens (including phenoxy) is 1. The first-order valence-corrected chi connectivity index (χ1v) is 6.35. The normalized spacial score (nSPS) is 12.1. The van der Waals surface area contributed by atoms with Gasteiger partial charge >= 0.3 is 5.69 Å². The lowest BCUT2D eigenvalue weighted by atomic mass is 10.2. The second kappa shape index (κ2) is 6.87. The molecule has 1 heterocycles. The quantitative estimate of drug-likeness (QED) is 0.598. The Labute approximate surface area is 121 Å². The third-order valence-electron chi connectivity index (χ3n) is 2.98. The third-order valence-corrected chi connectivity index (χ3v) is 2.98. The number of nitro benzene ring substituents is 1. The van der Waals surface area contributed by atoms with Crippen LogP contribution in [0, 0.1) is 10.1 Å². The summed E-state index contributed by atoms with van der Waals surface area (Å²) in [5, 5.41) is 23.8. The standard InChI is InChI=1S/C14H16N2O5/c1-20-13-5-4-10(7-11(13)16(18)19)8-15-9-12(17)14-3-2-6-21-14/h2-7,12,15,17H,8-9H2,1H3. The molecule has 0 fully saturated rings. The highest BCUT2D eigenvalue weighted by atomic mass is 16.6. The highest BCUT2D eigenvalue weighted by Gasteiger charge is 2.15. The summed E-state index contributed by atoms with van der Waals surface area (Å²) >= 11 is 0. The van der Waals surface area contributed by atoms with Crippen molar-refractivity contribution in [1.82, 2.24) is 5.32 Å². The molecule has 7 heteroatoms. The number of nitrogens with one attached hydrogen (secondary N) is 1. The molecule has 21 heavy (non-hydrogen) atoms. The Morgan fingerprint density at radius 3 is 2.90 bits per heavy atom. The zero-order chi connectivity index (χ0) is 15.2. The number of aliphatic hydroxyl groups is 1. The molecule has 0 spiro atoms. The molecule has 0 amide bonds. The summed E-state index contributed by atoms with van der Waals surface area (Å²) in [6.07, 6.45) is 0.735. The molecule has 0 aliphatic rings. The minimum Gasteiger partial charge on any atom is -0.490 e. The number of furan rings is 1. The highest BCUT2D eigenvalue weighted by molar-refractivity contribution is 5.48. The fraction of sp³-hybridized carbons (Fsp3) is 0.286. The highest BCUT2D eigenvalue weighted by Crippen LogP contribution is 2.27. The van der Waals surface area contributed by atoms with Gasteiger partial charge in [0.15, 0.2) is 5.75 Å². The monoisotopic (exact) mass is 292 g/mol. The predicted molar refractivity (Wildman–Crippen MR) is 75.0 cm³/mol. The fourth-order valence-electron chi connectivity index (χ4n) is 1.92. The van der Waals surface area contributed by atoms with Crippen molar-refractivity contribution in [2.24, 2.45) is 0 Å². The Hall–Kier alpha value is -2.38. The predicted octanol–water partition coefficient (Wildman–Crippen LogP) is 2.02. The van der Waals surface area contributed by atoms with E-state index in [0.29, 0.717) is 12.3 Å². The molecule has 0 radical (unpaired) electrons. The lowest BCUT2D eigenvalue weighted by Gasteiger charge is -2.10. The second-order valence-corrected chi connectivity index (χ2v) is 4.43. The lowest BCUT2D eigenvalue weighted by Crippen LogP contribution is -2.20. The zero-order valence-electron chi connectivity index (χ0n) is 11.5. The number of hydrogen-bond acceptors (Lipinski definition) is 6. The van der Waals surface area contributed by atoms with Gasteiger partial charge in [-0.1, -0.05) is 6.07 Å². The minimum absolute atomic E-state index is 0.0802.